The van der Waals surface area contributed by atoms with Gasteiger partial charge in [-0.2, -0.15) is 0 Å². The van der Waals surface area contributed by atoms with E-state index in [1.165, 1.54) is 0 Å². The molecular formula is C11H24N2O2S. The van der Waals surface area contributed by atoms with Crippen molar-refractivity contribution in [3.05, 3.63) is 0 Å². The summed E-state index contributed by atoms with van der Waals surface area (Å²) in [5.74, 6) is 1.05. The average Bonchev–Trinajstić information content (AvgIpc) is 2.20. The fourth-order valence-electron chi connectivity index (χ4n) is 2.06. The van der Waals surface area contributed by atoms with E-state index < -0.39 is 9.84 Å². The second kappa shape index (κ2) is 5.47. The van der Waals surface area contributed by atoms with Crippen LogP contribution in [-0.4, -0.2) is 50.0 Å². The van der Waals surface area contributed by atoms with Crippen molar-refractivity contribution in [3.63, 3.8) is 0 Å². The second-order valence-electron chi connectivity index (χ2n) is 5.01. The third-order valence-electron chi connectivity index (χ3n) is 3.63. The van der Waals surface area contributed by atoms with Crippen LogP contribution in [0.15, 0.2) is 0 Å². The van der Waals surface area contributed by atoms with E-state index in [-0.39, 0.29) is 23.6 Å². The van der Waals surface area contributed by atoms with Crippen molar-refractivity contribution in [1.29, 1.82) is 0 Å². The summed E-state index contributed by atoms with van der Waals surface area (Å²) in [6.07, 6.45) is 1.07. The number of rotatable bonds is 4. The SMILES string of the molecule is CCC(C)C(N)CN1CCS(=O)(=O)CC1C. The smallest absolute Gasteiger partial charge is 0.153 e. The van der Waals surface area contributed by atoms with E-state index in [0.717, 1.165) is 13.0 Å². The molecule has 0 aromatic carbocycles. The van der Waals surface area contributed by atoms with E-state index in [2.05, 4.69) is 18.7 Å². The molecule has 0 aromatic heterocycles. The molecule has 3 atom stereocenters. The van der Waals surface area contributed by atoms with Gasteiger partial charge >= 0.3 is 0 Å². The van der Waals surface area contributed by atoms with Crippen molar-refractivity contribution in [2.45, 2.75) is 39.3 Å². The van der Waals surface area contributed by atoms with Gasteiger partial charge in [-0.25, -0.2) is 8.42 Å². The summed E-state index contributed by atoms with van der Waals surface area (Å²) in [5.41, 5.74) is 6.10. The third kappa shape index (κ3) is 3.71. The Hall–Kier alpha value is -0.130. The molecule has 1 rings (SSSR count). The van der Waals surface area contributed by atoms with Gasteiger partial charge in [-0.1, -0.05) is 20.3 Å². The lowest BCUT2D eigenvalue weighted by molar-refractivity contribution is 0.195. The van der Waals surface area contributed by atoms with Gasteiger partial charge in [-0.15, -0.1) is 0 Å². The molecule has 1 fully saturated rings. The van der Waals surface area contributed by atoms with E-state index in [4.69, 9.17) is 5.73 Å². The monoisotopic (exact) mass is 248 g/mol. The van der Waals surface area contributed by atoms with Crippen LogP contribution in [0, 0.1) is 5.92 Å². The fraction of sp³-hybridized carbons (Fsp3) is 1.00. The van der Waals surface area contributed by atoms with Crippen molar-refractivity contribution in [1.82, 2.24) is 4.90 Å². The van der Waals surface area contributed by atoms with E-state index in [0.29, 0.717) is 12.5 Å². The standard InChI is InChI=1S/C11H24N2O2S/c1-4-9(2)11(12)7-13-5-6-16(14,15)8-10(13)3/h9-11H,4-8,12H2,1-3H3. The van der Waals surface area contributed by atoms with Gasteiger partial charge in [0.2, 0.25) is 0 Å². The maximum atomic E-state index is 11.4. The highest BCUT2D eigenvalue weighted by molar-refractivity contribution is 7.91. The summed E-state index contributed by atoms with van der Waals surface area (Å²) in [5, 5.41) is 0. The van der Waals surface area contributed by atoms with Crippen molar-refractivity contribution in [3.8, 4) is 0 Å². The summed E-state index contributed by atoms with van der Waals surface area (Å²) < 4.78 is 22.8. The molecule has 96 valence electrons. The first-order chi connectivity index (χ1) is 7.35. The van der Waals surface area contributed by atoms with Crippen molar-refractivity contribution in [2.75, 3.05) is 24.6 Å². The van der Waals surface area contributed by atoms with E-state index in [1.54, 1.807) is 0 Å². The average molecular weight is 248 g/mol. The molecule has 0 aliphatic carbocycles. The van der Waals surface area contributed by atoms with Gasteiger partial charge in [0.1, 0.15) is 0 Å². The molecule has 5 heteroatoms. The lowest BCUT2D eigenvalue weighted by Crippen LogP contribution is -2.52. The zero-order valence-electron chi connectivity index (χ0n) is 10.5. The minimum Gasteiger partial charge on any atom is -0.326 e. The van der Waals surface area contributed by atoms with Crippen LogP contribution in [0.25, 0.3) is 0 Å². The number of sulfone groups is 1. The largest absolute Gasteiger partial charge is 0.326 e. The van der Waals surface area contributed by atoms with Gasteiger partial charge in [-0.3, -0.25) is 4.90 Å². The van der Waals surface area contributed by atoms with E-state index in [9.17, 15) is 8.42 Å². The maximum Gasteiger partial charge on any atom is 0.153 e. The van der Waals surface area contributed by atoms with Gasteiger partial charge < -0.3 is 5.73 Å². The zero-order chi connectivity index (χ0) is 12.3. The molecule has 2 N–H and O–H groups in total. The summed E-state index contributed by atoms with van der Waals surface area (Å²) in [4.78, 5) is 2.21. The highest BCUT2D eigenvalue weighted by Crippen LogP contribution is 2.14. The molecule has 4 nitrogen and oxygen atoms in total. The van der Waals surface area contributed by atoms with Crippen LogP contribution in [0.1, 0.15) is 27.2 Å². The summed E-state index contributed by atoms with van der Waals surface area (Å²) in [7, 11) is -2.81. The topological polar surface area (TPSA) is 63.4 Å². The Kier molecular flexibility index (Phi) is 4.76. The van der Waals surface area contributed by atoms with Crippen LogP contribution in [0.5, 0.6) is 0 Å². The van der Waals surface area contributed by atoms with Crippen molar-refractivity contribution >= 4 is 9.84 Å². The molecule has 0 radical (unpaired) electrons. The van der Waals surface area contributed by atoms with Crippen molar-refractivity contribution in [2.24, 2.45) is 11.7 Å². The van der Waals surface area contributed by atoms with Gasteiger partial charge in [0.05, 0.1) is 11.5 Å². The minimum absolute atomic E-state index is 0.105. The Morgan fingerprint density at radius 3 is 2.62 bits per heavy atom. The molecular weight excluding hydrogens is 224 g/mol. The molecule has 16 heavy (non-hydrogen) atoms. The lowest BCUT2D eigenvalue weighted by atomic mass is 9.99. The Morgan fingerprint density at radius 1 is 1.50 bits per heavy atom. The Labute approximate surface area is 99.1 Å². The van der Waals surface area contributed by atoms with Crippen LogP contribution in [0.4, 0.5) is 0 Å². The van der Waals surface area contributed by atoms with Crippen LogP contribution in [-0.2, 0) is 9.84 Å². The highest BCUT2D eigenvalue weighted by atomic mass is 32.2. The molecule has 0 saturated carbocycles. The first-order valence-corrected chi connectivity index (χ1v) is 7.88. The maximum absolute atomic E-state index is 11.4. The summed E-state index contributed by atoms with van der Waals surface area (Å²) in [6, 6.07) is 0.252. The van der Waals surface area contributed by atoms with Crippen LogP contribution in [0.2, 0.25) is 0 Å². The minimum atomic E-state index is -2.81. The van der Waals surface area contributed by atoms with Crippen LogP contribution in [0.3, 0.4) is 0 Å². The first kappa shape index (κ1) is 13.9. The number of hydrogen-bond donors (Lipinski definition) is 1. The molecule has 1 saturated heterocycles. The predicted octanol–water partition coefficient (Wildman–Crippen LogP) is 0.479. The molecule has 1 aliphatic rings. The lowest BCUT2D eigenvalue weighted by Gasteiger charge is -2.36. The highest BCUT2D eigenvalue weighted by Gasteiger charge is 2.29. The zero-order valence-corrected chi connectivity index (χ0v) is 11.3. The third-order valence-corrected chi connectivity index (χ3v) is 5.42. The fourth-order valence-corrected chi connectivity index (χ4v) is 3.68. The van der Waals surface area contributed by atoms with Gasteiger partial charge in [0, 0.05) is 25.2 Å². The second-order valence-corrected chi connectivity index (χ2v) is 7.24. The predicted molar refractivity (Wildman–Crippen MR) is 67.1 cm³/mol. The first-order valence-electron chi connectivity index (χ1n) is 6.05. The quantitative estimate of drug-likeness (QED) is 0.786. The Bertz CT molecular complexity index is 316. The number of nitrogens with two attached hydrogens (primary N) is 1. The Morgan fingerprint density at radius 2 is 2.12 bits per heavy atom. The van der Waals surface area contributed by atoms with Crippen molar-refractivity contribution < 1.29 is 8.42 Å². The van der Waals surface area contributed by atoms with Crippen LogP contribution >= 0.6 is 0 Å². The summed E-state index contributed by atoms with van der Waals surface area (Å²) in [6.45, 7) is 7.70. The summed E-state index contributed by atoms with van der Waals surface area (Å²) >= 11 is 0. The normalized spacial score (nSPS) is 29.9. The molecule has 0 spiro atoms. The molecule has 0 aromatic rings. The number of nitrogens with zero attached hydrogens (tertiary/aromatic N) is 1. The van der Waals surface area contributed by atoms with E-state index >= 15 is 0 Å². The van der Waals surface area contributed by atoms with Crippen LogP contribution < -0.4 is 5.73 Å². The Balaban J connectivity index is 2.50. The molecule has 3 unspecified atom stereocenters. The van der Waals surface area contributed by atoms with Gasteiger partial charge in [-0.05, 0) is 12.8 Å². The number of hydrogen-bond acceptors (Lipinski definition) is 4. The van der Waals surface area contributed by atoms with Gasteiger partial charge in [0.25, 0.3) is 0 Å². The molecule has 1 heterocycles. The van der Waals surface area contributed by atoms with Gasteiger partial charge in [0.15, 0.2) is 9.84 Å². The molecule has 0 bridgehead atoms. The molecule has 0 amide bonds. The molecule has 1 aliphatic heterocycles. The van der Waals surface area contributed by atoms with E-state index in [1.807, 2.05) is 6.92 Å².